The van der Waals surface area contributed by atoms with Crippen molar-refractivity contribution in [2.75, 3.05) is 19.7 Å². The highest BCUT2D eigenvalue weighted by Gasteiger charge is 2.13. The molecule has 0 bridgehead atoms. The minimum Gasteiger partial charge on any atom is -0.377 e. The van der Waals surface area contributed by atoms with Gasteiger partial charge in [0.1, 0.15) is 0 Å². The highest BCUT2D eigenvalue weighted by atomic mass is 16.5. The molecule has 72 valence electrons. The second kappa shape index (κ2) is 6.44. The van der Waals surface area contributed by atoms with Crippen molar-refractivity contribution in [2.24, 2.45) is 0 Å². The molecular formula is C10H21NO. The van der Waals surface area contributed by atoms with Crippen molar-refractivity contribution in [3.63, 3.8) is 0 Å². The zero-order valence-corrected chi connectivity index (χ0v) is 8.14. The molecular weight excluding hydrogens is 150 g/mol. The highest BCUT2D eigenvalue weighted by molar-refractivity contribution is 4.70. The third-order valence-electron chi connectivity index (χ3n) is 2.37. The van der Waals surface area contributed by atoms with Crippen LogP contribution in [0.3, 0.4) is 0 Å². The maximum Gasteiger partial charge on any atom is 0.0711 e. The molecule has 1 atom stereocenters. The summed E-state index contributed by atoms with van der Waals surface area (Å²) in [6, 6.07) is 0. The molecule has 2 heteroatoms. The summed E-state index contributed by atoms with van der Waals surface area (Å²) in [7, 11) is 0. The Morgan fingerprint density at radius 3 is 2.92 bits per heavy atom. The molecule has 1 aliphatic rings. The van der Waals surface area contributed by atoms with E-state index in [0.29, 0.717) is 6.10 Å². The van der Waals surface area contributed by atoms with Crippen molar-refractivity contribution in [3.8, 4) is 0 Å². The Balaban J connectivity index is 1.81. The van der Waals surface area contributed by atoms with Gasteiger partial charge in [0.2, 0.25) is 0 Å². The molecule has 0 amide bonds. The van der Waals surface area contributed by atoms with E-state index in [1.54, 1.807) is 0 Å². The molecule has 0 radical (unpaired) electrons. The van der Waals surface area contributed by atoms with Gasteiger partial charge in [0, 0.05) is 13.2 Å². The van der Waals surface area contributed by atoms with E-state index < -0.39 is 0 Å². The second-order valence-electron chi connectivity index (χ2n) is 3.55. The van der Waals surface area contributed by atoms with Crippen LogP contribution >= 0.6 is 0 Å². The van der Waals surface area contributed by atoms with E-state index in [4.69, 9.17) is 4.74 Å². The van der Waals surface area contributed by atoms with Crippen LogP contribution < -0.4 is 5.32 Å². The van der Waals surface area contributed by atoms with Crippen molar-refractivity contribution >= 4 is 0 Å². The van der Waals surface area contributed by atoms with Gasteiger partial charge in [-0.3, -0.25) is 0 Å². The van der Waals surface area contributed by atoms with E-state index in [2.05, 4.69) is 12.2 Å². The molecule has 1 unspecified atom stereocenters. The van der Waals surface area contributed by atoms with Crippen LogP contribution in [0.4, 0.5) is 0 Å². The van der Waals surface area contributed by atoms with Crippen molar-refractivity contribution in [3.05, 3.63) is 0 Å². The first-order valence-corrected chi connectivity index (χ1v) is 5.26. The molecule has 1 fully saturated rings. The zero-order valence-electron chi connectivity index (χ0n) is 8.14. The van der Waals surface area contributed by atoms with Gasteiger partial charge in [-0.2, -0.15) is 0 Å². The number of hydrogen-bond acceptors (Lipinski definition) is 2. The molecule has 0 aliphatic carbocycles. The molecule has 1 aliphatic heterocycles. The van der Waals surface area contributed by atoms with Crippen LogP contribution in [0, 0.1) is 0 Å². The van der Waals surface area contributed by atoms with Crippen LogP contribution in [0.5, 0.6) is 0 Å². The van der Waals surface area contributed by atoms with E-state index in [1.807, 2.05) is 0 Å². The molecule has 0 spiro atoms. The van der Waals surface area contributed by atoms with Gasteiger partial charge < -0.3 is 10.1 Å². The van der Waals surface area contributed by atoms with Crippen LogP contribution in [-0.4, -0.2) is 25.8 Å². The Hall–Kier alpha value is -0.0800. The van der Waals surface area contributed by atoms with E-state index in [1.165, 1.54) is 32.1 Å². The summed E-state index contributed by atoms with van der Waals surface area (Å²) in [5, 5.41) is 3.30. The smallest absolute Gasteiger partial charge is 0.0711 e. The summed E-state index contributed by atoms with van der Waals surface area (Å²) in [4.78, 5) is 0. The number of unbranched alkanes of at least 4 members (excludes halogenated alkanes) is 3. The largest absolute Gasteiger partial charge is 0.377 e. The number of ether oxygens (including phenoxy) is 1. The quantitative estimate of drug-likeness (QED) is 0.617. The number of nitrogens with one attached hydrogen (secondary N) is 1. The minimum atomic E-state index is 0.506. The van der Waals surface area contributed by atoms with Crippen molar-refractivity contribution in [1.29, 1.82) is 0 Å². The Labute approximate surface area is 75.7 Å². The van der Waals surface area contributed by atoms with Crippen LogP contribution in [0.2, 0.25) is 0 Å². The van der Waals surface area contributed by atoms with Crippen molar-refractivity contribution in [1.82, 2.24) is 5.32 Å². The van der Waals surface area contributed by atoms with E-state index in [0.717, 1.165) is 19.7 Å². The van der Waals surface area contributed by atoms with E-state index in [9.17, 15) is 0 Å². The predicted octanol–water partition coefficient (Wildman–Crippen LogP) is 1.95. The molecule has 0 saturated carbocycles. The molecule has 2 nitrogen and oxygen atoms in total. The first kappa shape index (κ1) is 10.0. The van der Waals surface area contributed by atoms with Gasteiger partial charge in [-0.25, -0.2) is 0 Å². The van der Waals surface area contributed by atoms with Gasteiger partial charge in [0.25, 0.3) is 0 Å². The summed E-state index contributed by atoms with van der Waals surface area (Å²) in [6.07, 6.45) is 6.94. The first-order valence-electron chi connectivity index (χ1n) is 5.26. The topological polar surface area (TPSA) is 21.3 Å². The van der Waals surface area contributed by atoms with Crippen molar-refractivity contribution in [2.45, 2.75) is 45.1 Å². The Morgan fingerprint density at radius 2 is 2.25 bits per heavy atom. The first-order chi connectivity index (χ1) is 5.93. The Kier molecular flexibility index (Phi) is 5.37. The average molecular weight is 171 g/mol. The van der Waals surface area contributed by atoms with Crippen LogP contribution in [0.25, 0.3) is 0 Å². The normalized spacial score (nSPS) is 23.2. The number of rotatable bonds is 6. The fourth-order valence-electron chi connectivity index (χ4n) is 1.55. The van der Waals surface area contributed by atoms with E-state index in [-0.39, 0.29) is 0 Å². The van der Waals surface area contributed by atoms with Crippen LogP contribution in [0.1, 0.15) is 39.0 Å². The fourth-order valence-corrected chi connectivity index (χ4v) is 1.55. The molecule has 1 heterocycles. The molecule has 0 aromatic rings. The average Bonchev–Trinajstić information content (AvgIpc) is 2.57. The molecule has 1 saturated heterocycles. The van der Waals surface area contributed by atoms with Crippen LogP contribution in [0.15, 0.2) is 0 Å². The summed E-state index contributed by atoms with van der Waals surface area (Å²) in [6.45, 7) is 5.40. The van der Waals surface area contributed by atoms with Gasteiger partial charge in [0.05, 0.1) is 6.10 Å². The molecule has 0 aromatic heterocycles. The third kappa shape index (κ3) is 4.07. The summed E-state index contributed by atoms with van der Waals surface area (Å²) < 4.78 is 5.69. The van der Waals surface area contributed by atoms with Crippen molar-refractivity contribution < 1.29 is 4.74 Å². The van der Waals surface area contributed by atoms with Gasteiger partial charge in [-0.1, -0.05) is 26.2 Å². The second-order valence-corrected chi connectivity index (χ2v) is 3.55. The standard InChI is InChI=1S/C10H21NO/c1-2-3-4-5-8-12-10-6-7-11-9-10/h10-11H,2-9H2,1H3. The zero-order chi connectivity index (χ0) is 8.65. The van der Waals surface area contributed by atoms with Gasteiger partial charge in [-0.05, 0) is 19.4 Å². The summed E-state index contributed by atoms with van der Waals surface area (Å²) in [5.74, 6) is 0. The lowest BCUT2D eigenvalue weighted by Gasteiger charge is -2.09. The SMILES string of the molecule is CCCCCCOC1CCNC1. The maximum atomic E-state index is 5.69. The minimum absolute atomic E-state index is 0.506. The fraction of sp³-hybridized carbons (Fsp3) is 1.00. The third-order valence-corrected chi connectivity index (χ3v) is 2.37. The summed E-state index contributed by atoms with van der Waals surface area (Å²) >= 11 is 0. The Bertz CT molecular complexity index is 100. The molecule has 12 heavy (non-hydrogen) atoms. The lowest BCUT2D eigenvalue weighted by molar-refractivity contribution is 0.0642. The van der Waals surface area contributed by atoms with Crippen LogP contribution in [-0.2, 0) is 4.74 Å². The van der Waals surface area contributed by atoms with Gasteiger partial charge >= 0.3 is 0 Å². The lowest BCUT2D eigenvalue weighted by Crippen LogP contribution is -2.17. The predicted molar refractivity (Wildman–Crippen MR) is 51.4 cm³/mol. The monoisotopic (exact) mass is 171 g/mol. The number of hydrogen-bond donors (Lipinski definition) is 1. The summed E-state index contributed by atoms with van der Waals surface area (Å²) in [5.41, 5.74) is 0. The maximum absolute atomic E-state index is 5.69. The highest BCUT2D eigenvalue weighted by Crippen LogP contribution is 2.05. The molecule has 1 rings (SSSR count). The van der Waals surface area contributed by atoms with Gasteiger partial charge in [-0.15, -0.1) is 0 Å². The Morgan fingerprint density at radius 1 is 1.33 bits per heavy atom. The molecule has 1 N–H and O–H groups in total. The molecule has 0 aromatic carbocycles. The lowest BCUT2D eigenvalue weighted by atomic mass is 10.2. The van der Waals surface area contributed by atoms with E-state index >= 15 is 0 Å². The van der Waals surface area contributed by atoms with Gasteiger partial charge in [0.15, 0.2) is 0 Å².